The average Bonchev–Trinajstić information content (AvgIpc) is 2.45. The Labute approximate surface area is 147 Å². The van der Waals surface area contributed by atoms with Gasteiger partial charge in [0, 0.05) is 19.0 Å². The van der Waals surface area contributed by atoms with Crippen molar-refractivity contribution in [3.63, 3.8) is 0 Å². The van der Waals surface area contributed by atoms with E-state index in [-0.39, 0.29) is 12.8 Å². The van der Waals surface area contributed by atoms with Crippen molar-refractivity contribution in [2.75, 3.05) is 20.6 Å². The second-order valence-electron chi connectivity index (χ2n) is 7.51. The molecule has 142 valence electrons. The Morgan fingerprint density at radius 1 is 1.08 bits per heavy atom. The zero-order chi connectivity index (χ0) is 18.8. The van der Waals surface area contributed by atoms with Gasteiger partial charge in [0.25, 0.3) is 0 Å². The maximum absolute atomic E-state index is 11.8. The number of ether oxygens (including phenoxy) is 1. The van der Waals surface area contributed by atoms with Gasteiger partial charge in [0.05, 0.1) is 6.42 Å². The molecule has 24 heavy (non-hydrogen) atoms. The summed E-state index contributed by atoms with van der Waals surface area (Å²) in [6, 6.07) is 0.546. The van der Waals surface area contributed by atoms with Gasteiger partial charge in [0.1, 0.15) is 5.60 Å². The highest BCUT2D eigenvalue weighted by molar-refractivity contribution is 5.80. The van der Waals surface area contributed by atoms with Crippen LogP contribution in [0.4, 0.5) is 0 Å². The summed E-state index contributed by atoms with van der Waals surface area (Å²) in [5.41, 5.74) is -0.555. The van der Waals surface area contributed by atoms with E-state index in [1.807, 2.05) is 0 Å². The van der Waals surface area contributed by atoms with Gasteiger partial charge in [-0.3, -0.25) is 14.8 Å². The lowest BCUT2D eigenvalue weighted by Gasteiger charge is -2.24. The van der Waals surface area contributed by atoms with E-state index < -0.39 is 17.5 Å². The molecule has 0 saturated heterocycles. The molecule has 1 atom stereocenters. The van der Waals surface area contributed by atoms with Crippen molar-refractivity contribution in [2.45, 2.75) is 84.3 Å². The van der Waals surface area contributed by atoms with Crippen LogP contribution in [0.25, 0.3) is 0 Å². The lowest BCUT2D eigenvalue weighted by Crippen LogP contribution is -2.31. The first kappa shape index (κ1) is 22.9. The zero-order valence-electron chi connectivity index (χ0n) is 16.3. The second kappa shape index (κ2) is 11.4. The smallest absolute Gasteiger partial charge is 0.306 e. The molecule has 0 rings (SSSR count). The molecule has 0 aromatic heterocycles. The van der Waals surface area contributed by atoms with Crippen molar-refractivity contribution in [3.05, 3.63) is 0 Å². The Balaban J connectivity index is 3.96. The monoisotopic (exact) mass is 344 g/mol. The van der Waals surface area contributed by atoms with E-state index >= 15 is 0 Å². The highest BCUT2D eigenvalue weighted by atomic mass is 16.6. The molecule has 0 saturated carbocycles. The minimum atomic E-state index is -0.555. The summed E-state index contributed by atoms with van der Waals surface area (Å²) >= 11 is 0. The Kier molecular flexibility index (Phi) is 10.9. The van der Waals surface area contributed by atoms with Crippen LogP contribution in [0.3, 0.4) is 0 Å². The third-order valence-corrected chi connectivity index (χ3v) is 3.76. The Morgan fingerprint density at radius 3 is 2.21 bits per heavy atom. The predicted molar refractivity (Wildman–Crippen MR) is 94.8 cm³/mol. The molecule has 0 aliphatic rings. The van der Waals surface area contributed by atoms with Crippen LogP contribution in [-0.4, -0.2) is 59.3 Å². The topological polar surface area (TPSA) is 70.1 Å². The molecule has 0 heterocycles. The van der Waals surface area contributed by atoms with Crippen molar-refractivity contribution < 1.29 is 19.5 Å². The number of esters is 1. The first-order chi connectivity index (χ1) is 11.1. The zero-order valence-corrected chi connectivity index (χ0v) is 16.3. The van der Waals surface area contributed by atoms with Gasteiger partial charge < -0.3 is 9.64 Å². The van der Waals surface area contributed by atoms with Crippen LogP contribution >= 0.6 is 0 Å². The van der Waals surface area contributed by atoms with E-state index in [1.165, 1.54) is 0 Å². The van der Waals surface area contributed by atoms with E-state index in [1.54, 1.807) is 20.8 Å². The van der Waals surface area contributed by atoms with Gasteiger partial charge in [0.2, 0.25) is 5.91 Å². The van der Waals surface area contributed by atoms with Gasteiger partial charge in [0.15, 0.2) is 0 Å². The number of amides is 1. The van der Waals surface area contributed by atoms with E-state index in [4.69, 9.17) is 4.74 Å². The third-order valence-electron chi connectivity index (χ3n) is 3.76. The lowest BCUT2D eigenvalue weighted by atomic mass is 10.0. The number of rotatable bonds is 11. The van der Waals surface area contributed by atoms with E-state index in [9.17, 15) is 14.8 Å². The normalized spacial score (nSPS) is 13.0. The molecule has 0 aromatic carbocycles. The summed E-state index contributed by atoms with van der Waals surface area (Å²) in [4.78, 5) is 25.6. The molecule has 1 N–H and O–H groups in total. The van der Waals surface area contributed by atoms with Crippen molar-refractivity contribution in [1.29, 1.82) is 0 Å². The van der Waals surface area contributed by atoms with Crippen molar-refractivity contribution in [2.24, 2.45) is 0 Å². The maximum Gasteiger partial charge on any atom is 0.306 e. The molecule has 0 bridgehead atoms. The molecule has 0 spiro atoms. The fourth-order valence-corrected chi connectivity index (χ4v) is 2.49. The Morgan fingerprint density at radius 2 is 1.71 bits per heavy atom. The number of carbonyl (C=O) groups excluding carboxylic acids is 2. The van der Waals surface area contributed by atoms with E-state index in [2.05, 4.69) is 25.9 Å². The Hall–Kier alpha value is -1.14. The number of carbonyl (C=O) groups is 2. The summed E-state index contributed by atoms with van der Waals surface area (Å²) in [7, 11) is 4.16. The van der Waals surface area contributed by atoms with Gasteiger partial charge in [-0.2, -0.15) is 0 Å². The number of nitrogens with zero attached hydrogens (tertiary/aromatic N) is 2. The maximum atomic E-state index is 11.8. The molecule has 6 nitrogen and oxygen atoms in total. The van der Waals surface area contributed by atoms with E-state index in [0.29, 0.717) is 12.6 Å². The Bertz CT molecular complexity index is 378. The predicted octanol–water partition coefficient (Wildman–Crippen LogP) is 3.23. The summed E-state index contributed by atoms with van der Waals surface area (Å²) in [5.74, 6) is -0.851. The highest BCUT2D eigenvalue weighted by Gasteiger charge is 2.19. The largest absolute Gasteiger partial charge is 0.460 e. The molecule has 1 unspecified atom stereocenters. The molecule has 1 amide bonds. The number of hydroxylamine groups is 2. The number of hydrogen-bond acceptors (Lipinski definition) is 5. The first-order valence-corrected chi connectivity index (χ1v) is 8.94. The highest BCUT2D eigenvalue weighted by Crippen LogP contribution is 2.13. The summed E-state index contributed by atoms with van der Waals surface area (Å²) in [6.07, 6.45) is 5.04. The van der Waals surface area contributed by atoms with Gasteiger partial charge in [-0.25, -0.2) is 5.06 Å². The molecular weight excluding hydrogens is 308 g/mol. The molecular formula is C18H36N2O4. The van der Waals surface area contributed by atoms with Crippen LogP contribution in [0.1, 0.15) is 72.6 Å². The van der Waals surface area contributed by atoms with Gasteiger partial charge in [-0.1, -0.05) is 19.8 Å². The summed E-state index contributed by atoms with van der Waals surface area (Å²) in [6.45, 7) is 7.83. The average molecular weight is 344 g/mol. The van der Waals surface area contributed by atoms with Gasteiger partial charge >= 0.3 is 5.97 Å². The summed E-state index contributed by atoms with van der Waals surface area (Å²) < 4.78 is 5.14. The fraction of sp³-hybridized carbons (Fsp3) is 0.889. The molecule has 0 aliphatic carbocycles. The molecule has 6 heteroatoms. The van der Waals surface area contributed by atoms with Crippen molar-refractivity contribution >= 4 is 11.9 Å². The first-order valence-electron chi connectivity index (χ1n) is 8.94. The second-order valence-corrected chi connectivity index (χ2v) is 7.51. The van der Waals surface area contributed by atoms with Crippen LogP contribution in [0.2, 0.25) is 0 Å². The third kappa shape index (κ3) is 11.4. The van der Waals surface area contributed by atoms with Crippen LogP contribution in [-0.2, 0) is 14.3 Å². The standard InChI is InChI=1S/C18H36N2O4/c1-7-10-15(19(5)6)11-8-9-14-20(23)16(21)12-13-17(22)24-18(2,3)4/h15,23H,7-14H2,1-6H3. The molecule has 0 aliphatic heterocycles. The molecule has 0 fully saturated rings. The fourth-order valence-electron chi connectivity index (χ4n) is 2.49. The molecule has 0 radical (unpaired) electrons. The summed E-state index contributed by atoms with van der Waals surface area (Å²) in [5, 5.41) is 10.5. The minimum absolute atomic E-state index is 0.00757. The lowest BCUT2D eigenvalue weighted by molar-refractivity contribution is -0.168. The molecule has 0 aromatic rings. The van der Waals surface area contributed by atoms with Gasteiger partial charge in [-0.05, 0) is 54.1 Å². The SMILES string of the molecule is CCCC(CCCCN(O)C(=O)CCC(=O)OC(C)(C)C)N(C)C. The quantitative estimate of drug-likeness (QED) is 0.270. The van der Waals surface area contributed by atoms with Crippen LogP contribution in [0.5, 0.6) is 0 Å². The van der Waals surface area contributed by atoms with E-state index in [0.717, 1.165) is 37.2 Å². The van der Waals surface area contributed by atoms with Crippen LogP contribution < -0.4 is 0 Å². The number of unbranched alkanes of at least 4 members (excludes halogenated alkanes) is 1. The van der Waals surface area contributed by atoms with Gasteiger partial charge in [-0.15, -0.1) is 0 Å². The van der Waals surface area contributed by atoms with Crippen molar-refractivity contribution in [1.82, 2.24) is 9.96 Å². The van der Waals surface area contributed by atoms with Crippen LogP contribution in [0, 0.1) is 0 Å². The van der Waals surface area contributed by atoms with Crippen LogP contribution in [0.15, 0.2) is 0 Å². The van der Waals surface area contributed by atoms with Crippen molar-refractivity contribution in [3.8, 4) is 0 Å². The minimum Gasteiger partial charge on any atom is -0.460 e. The number of hydrogen-bond donors (Lipinski definition) is 1.